The molecule has 0 unspecified atom stereocenters. The fraction of sp³-hybridized carbons (Fsp3) is 0.353. The molecule has 0 radical (unpaired) electrons. The van der Waals surface area contributed by atoms with Crippen molar-refractivity contribution in [3.8, 4) is 11.5 Å². The van der Waals surface area contributed by atoms with E-state index < -0.39 is 0 Å². The molecule has 2 aromatic rings. The minimum absolute atomic E-state index is 0.171. The van der Waals surface area contributed by atoms with Crippen molar-refractivity contribution in [3.63, 3.8) is 0 Å². The molecule has 0 saturated carbocycles. The Labute approximate surface area is 144 Å². The van der Waals surface area contributed by atoms with E-state index >= 15 is 0 Å². The van der Waals surface area contributed by atoms with Crippen molar-refractivity contribution < 1.29 is 14.3 Å². The third kappa shape index (κ3) is 4.07. The molecule has 1 aromatic heterocycles. The van der Waals surface area contributed by atoms with Crippen molar-refractivity contribution in [2.24, 2.45) is 0 Å². The van der Waals surface area contributed by atoms with Gasteiger partial charge in [0.2, 0.25) is 0 Å². The lowest BCUT2D eigenvalue weighted by atomic mass is 10.2. The molecule has 0 fully saturated rings. The maximum Gasteiger partial charge on any atom is 0.272 e. The van der Waals surface area contributed by atoms with E-state index in [0.29, 0.717) is 29.5 Å². The van der Waals surface area contributed by atoms with Crippen LogP contribution in [0.25, 0.3) is 0 Å². The van der Waals surface area contributed by atoms with Gasteiger partial charge in [-0.1, -0.05) is 0 Å². The first-order chi connectivity index (χ1) is 11.0. The number of halogens is 1. The first-order valence-electron chi connectivity index (χ1n) is 7.45. The molecule has 1 aromatic carbocycles. The summed E-state index contributed by atoms with van der Waals surface area (Å²) in [5.74, 6) is 1.07. The average Bonchev–Trinajstić information content (AvgIpc) is 2.91. The Hall–Kier alpha value is -1.95. The van der Waals surface area contributed by atoms with Gasteiger partial charge in [0.1, 0.15) is 5.69 Å². The normalized spacial score (nSPS) is 10.7. The highest BCUT2D eigenvalue weighted by Crippen LogP contribution is 2.30. The lowest BCUT2D eigenvalue weighted by Crippen LogP contribution is -2.17. The molecule has 1 amide bonds. The lowest BCUT2D eigenvalue weighted by molar-refractivity contribution is 0.101. The molecule has 0 spiro atoms. The Morgan fingerprint density at radius 3 is 2.65 bits per heavy atom. The first kappa shape index (κ1) is 17.4. The van der Waals surface area contributed by atoms with Crippen LogP contribution in [0, 0.1) is 0 Å². The van der Waals surface area contributed by atoms with Crippen LogP contribution in [0.15, 0.2) is 34.9 Å². The Bertz CT molecular complexity index is 695. The van der Waals surface area contributed by atoms with Gasteiger partial charge >= 0.3 is 0 Å². The van der Waals surface area contributed by atoms with Crippen LogP contribution in [0.3, 0.4) is 0 Å². The van der Waals surface area contributed by atoms with Gasteiger partial charge in [-0.25, -0.2) is 0 Å². The molecular formula is C17H21BrN2O3. The van der Waals surface area contributed by atoms with Crippen molar-refractivity contribution in [2.45, 2.75) is 26.8 Å². The second kappa shape index (κ2) is 7.55. The van der Waals surface area contributed by atoms with E-state index in [9.17, 15) is 4.79 Å². The topological polar surface area (TPSA) is 52.5 Å². The van der Waals surface area contributed by atoms with Gasteiger partial charge in [-0.3, -0.25) is 4.79 Å². The number of ether oxygens (including phenoxy) is 2. The SMILES string of the molecule is CCOc1ccc(NC(=O)c2cc(Br)cn2C(C)C)cc1OC. The number of rotatable bonds is 6. The zero-order chi connectivity index (χ0) is 17.0. The van der Waals surface area contributed by atoms with Crippen molar-refractivity contribution in [1.82, 2.24) is 4.57 Å². The number of hydrogen-bond donors (Lipinski definition) is 1. The number of nitrogens with one attached hydrogen (secondary N) is 1. The van der Waals surface area contributed by atoms with Crippen molar-refractivity contribution in [1.29, 1.82) is 0 Å². The highest BCUT2D eigenvalue weighted by molar-refractivity contribution is 9.10. The molecule has 0 aliphatic carbocycles. The summed E-state index contributed by atoms with van der Waals surface area (Å²) in [6.45, 7) is 6.53. The third-order valence-electron chi connectivity index (χ3n) is 3.33. The molecule has 0 atom stereocenters. The molecule has 6 heteroatoms. The summed E-state index contributed by atoms with van der Waals surface area (Å²) in [6.07, 6.45) is 1.90. The Morgan fingerprint density at radius 2 is 2.04 bits per heavy atom. The molecule has 5 nitrogen and oxygen atoms in total. The summed E-state index contributed by atoms with van der Waals surface area (Å²) in [5, 5.41) is 2.89. The molecular weight excluding hydrogens is 360 g/mol. The summed E-state index contributed by atoms with van der Waals surface area (Å²) in [5.41, 5.74) is 1.25. The molecule has 0 bridgehead atoms. The standard InChI is InChI=1S/C17H21BrN2O3/c1-5-23-15-7-6-13(9-16(15)22-4)19-17(21)14-8-12(18)10-20(14)11(2)3/h6-11H,5H2,1-4H3,(H,19,21). The summed E-state index contributed by atoms with van der Waals surface area (Å²) < 4.78 is 13.6. The maximum absolute atomic E-state index is 12.5. The first-order valence-corrected chi connectivity index (χ1v) is 8.25. The highest BCUT2D eigenvalue weighted by Gasteiger charge is 2.16. The van der Waals surface area contributed by atoms with Gasteiger partial charge in [0.05, 0.1) is 13.7 Å². The number of hydrogen-bond acceptors (Lipinski definition) is 3. The van der Waals surface area contributed by atoms with Crippen LogP contribution in [0.1, 0.15) is 37.3 Å². The van der Waals surface area contributed by atoms with Crippen molar-refractivity contribution in [3.05, 3.63) is 40.6 Å². The molecule has 1 heterocycles. The van der Waals surface area contributed by atoms with Gasteiger partial charge in [0.15, 0.2) is 11.5 Å². The largest absolute Gasteiger partial charge is 0.493 e. The zero-order valence-corrected chi connectivity index (χ0v) is 15.3. The number of nitrogens with zero attached hydrogens (tertiary/aromatic N) is 1. The predicted molar refractivity (Wildman–Crippen MR) is 94.6 cm³/mol. The monoisotopic (exact) mass is 380 g/mol. The average molecular weight is 381 g/mol. The van der Waals surface area contributed by atoms with Crippen LogP contribution in [-0.4, -0.2) is 24.2 Å². The van der Waals surface area contributed by atoms with Gasteiger partial charge in [-0.2, -0.15) is 0 Å². The van der Waals surface area contributed by atoms with E-state index in [2.05, 4.69) is 21.2 Å². The smallest absolute Gasteiger partial charge is 0.272 e. The molecule has 0 aliphatic heterocycles. The third-order valence-corrected chi connectivity index (χ3v) is 3.76. The lowest BCUT2D eigenvalue weighted by Gasteiger charge is -2.14. The maximum atomic E-state index is 12.5. The summed E-state index contributed by atoms with van der Waals surface area (Å²) in [4.78, 5) is 12.5. The summed E-state index contributed by atoms with van der Waals surface area (Å²) >= 11 is 3.42. The number of aromatic nitrogens is 1. The van der Waals surface area contributed by atoms with E-state index in [4.69, 9.17) is 9.47 Å². The van der Waals surface area contributed by atoms with Crippen LogP contribution >= 0.6 is 15.9 Å². The number of carbonyl (C=O) groups excluding carboxylic acids is 1. The number of carbonyl (C=O) groups is 1. The van der Waals surface area contributed by atoms with Gasteiger partial charge < -0.3 is 19.4 Å². The highest BCUT2D eigenvalue weighted by atomic mass is 79.9. The quantitative estimate of drug-likeness (QED) is 0.802. The number of methoxy groups -OCH3 is 1. The van der Waals surface area contributed by atoms with Crippen LogP contribution in [-0.2, 0) is 0 Å². The fourth-order valence-corrected chi connectivity index (χ4v) is 2.71. The predicted octanol–water partition coefficient (Wildman–Crippen LogP) is 4.49. The van der Waals surface area contributed by atoms with E-state index in [-0.39, 0.29) is 11.9 Å². The number of benzene rings is 1. The second-order valence-corrected chi connectivity index (χ2v) is 6.21. The molecule has 1 N–H and O–H groups in total. The van der Waals surface area contributed by atoms with Crippen LogP contribution in [0.4, 0.5) is 5.69 Å². The van der Waals surface area contributed by atoms with Crippen LogP contribution < -0.4 is 14.8 Å². The minimum atomic E-state index is -0.171. The van der Waals surface area contributed by atoms with Gasteiger partial charge in [0.25, 0.3) is 5.91 Å². The molecule has 0 saturated heterocycles. The molecule has 23 heavy (non-hydrogen) atoms. The molecule has 0 aliphatic rings. The zero-order valence-electron chi connectivity index (χ0n) is 13.7. The molecule has 124 valence electrons. The van der Waals surface area contributed by atoms with Gasteiger partial charge in [0, 0.05) is 28.5 Å². The van der Waals surface area contributed by atoms with Crippen LogP contribution in [0.5, 0.6) is 11.5 Å². The van der Waals surface area contributed by atoms with E-state index in [1.165, 1.54) is 0 Å². The van der Waals surface area contributed by atoms with Gasteiger partial charge in [-0.05, 0) is 54.9 Å². The van der Waals surface area contributed by atoms with E-state index in [1.807, 2.05) is 31.5 Å². The van der Waals surface area contributed by atoms with E-state index in [1.54, 1.807) is 31.4 Å². The fourth-order valence-electron chi connectivity index (χ4n) is 2.27. The summed E-state index contributed by atoms with van der Waals surface area (Å²) in [6, 6.07) is 7.33. The van der Waals surface area contributed by atoms with Crippen molar-refractivity contribution >= 4 is 27.5 Å². The Morgan fingerprint density at radius 1 is 1.30 bits per heavy atom. The Balaban J connectivity index is 2.23. The second-order valence-electron chi connectivity index (χ2n) is 5.30. The number of anilines is 1. The van der Waals surface area contributed by atoms with Crippen molar-refractivity contribution in [2.75, 3.05) is 19.0 Å². The van der Waals surface area contributed by atoms with Gasteiger partial charge in [-0.15, -0.1) is 0 Å². The minimum Gasteiger partial charge on any atom is -0.493 e. The van der Waals surface area contributed by atoms with Crippen LogP contribution in [0.2, 0.25) is 0 Å². The van der Waals surface area contributed by atoms with E-state index in [0.717, 1.165) is 4.47 Å². The summed E-state index contributed by atoms with van der Waals surface area (Å²) in [7, 11) is 1.57. The molecule has 2 rings (SSSR count). The Kier molecular flexibility index (Phi) is 5.71. The number of amides is 1.